The van der Waals surface area contributed by atoms with Crippen LogP contribution >= 0.6 is 0 Å². The van der Waals surface area contributed by atoms with Gasteiger partial charge < -0.3 is 14.6 Å². The first-order chi connectivity index (χ1) is 8.75. The summed E-state index contributed by atoms with van der Waals surface area (Å²) < 4.78 is 11.4. The Bertz CT molecular complexity index is 449. The number of hydrogen-bond donors (Lipinski definition) is 1. The standard InChI is InChI=1S/C15H26N2O2/c1-7-12-11(10(2)18-17-12)9-16-13-8-14(3,4)19-15(13,5)6/h13,16H,7-9H2,1-6H3/t13-/m1/s1. The molecule has 1 aromatic rings. The lowest BCUT2D eigenvalue weighted by Gasteiger charge is -2.27. The summed E-state index contributed by atoms with van der Waals surface area (Å²) in [5.41, 5.74) is 2.06. The third-order valence-corrected chi connectivity index (χ3v) is 4.00. The number of hydrogen-bond acceptors (Lipinski definition) is 4. The lowest BCUT2D eigenvalue weighted by atomic mass is 9.94. The first-order valence-electron chi connectivity index (χ1n) is 7.13. The van der Waals surface area contributed by atoms with Gasteiger partial charge >= 0.3 is 0 Å². The smallest absolute Gasteiger partial charge is 0.138 e. The van der Waals surface area contributed by atoms with Crippen LogP contribution in [0.2, 0.25) is 0 Å². The van der Waals surface area contributed by atoms with Crippen molar-refractivity contribution in [3.05, 3.63) is 17.0 Å². The van der Waals surface area contributed by atoms with E-state index in [1.165, 1.54) is 5.56 Å². The van der Waals surface area contributed by atoms with Gasteiger partial charge in [0, 0.05) is 18.2 Å². The predicted molar refractivity (Wildman–Crippen MR) is 75.1 cm³/mol. The summed E-state index contributed by atoms with van der Waals surface area (Å²) in [6.45, 7) is 13.5. The second kappa shape index (κ2) is 4.91. The Hall–Kier alpha value is -0.870. The molecule has 0 spiro atoms. The molecule has 1 aliphatic heterocycles. The summed E-state index contributed by atoms with van der Waals surface area (Å²) in [4.78, 5) is 0. The second-order valence-corrected chi connectivity index (χ2v) is 6.62. The zero-order valence-electron chi connectivity index (χ0n) is 13.0. The molecular formula is C15H26N2O2. The van der Waals surface area contributed by atoms with E-state index in [1.54, 1.807) is 0 Å². The van der Waals surface area contributed by atoms with Crippen molar-refractivity contribution in [2.24, 2.45) is 0 Å². The molecule has 1 aromatic heterocycles. The normalized spacial score (nSPS) is 24.8. The molecule has 19 heavy (non-hydrogen) atoms. The van der Waals surface area contributed by atoms with Crippen LogP contribution in [0.3, 0.4) is 0 Å². The molecular weight excluding hydrogens is 240 g/mol. The largest absolute Gasteiger partial charge is 0.368 e. The highest BCUT2D eigenvalue weighted by Gasteiger charge is 2.45. The molecule has 0 bridgehead atoms. The molecule has 1 atom stereocenters. The summed E-state index contributed by atoms with van der Waals surface area (Å²) in [6.07, 6.45) is 1.93. The average molecular weight is 266 g/mol. The van der Waals surface area contributed by atoms with Crippen molar-refractivity contribution in [3.8, 4) is 0 Å². The van der Waals surface area contributed by atoms with Crippen molar-refractivity contribution in [1.82, 2.24) is 10.5 Å². The maximum absolute atomic E-state index is 6.10. The van der Waals surface area contributed by atoms with Gasteiger partial charge in [0.1, 0.15) is 5.76 Å². The van der Waals surface area contributed by atoms with Crippen molar-refractivity contribution >= 4 is 0 Å². The quantitative estimate of drug-likeness (QED) is 0.910. The van der Waals surface area contributed by atoms with Crippen LogP contribution in [0.1, 0.15) is 58.1 Å². The van der Waals surface area contributed by atoms with E-state index in [9.17, 15) is 0 Å². The molecule has 1 N–H and O–H groups in total. The van der Waals surface area contributed by atoms with E-state index in [-0.39, 0.29) is 11.2 Å². The van der Waals surface area contributed by atoms with Crippen molar-refractivity contribution in [2.45, 2.75) is 78.2 Å². The number of nitrogens with zero attached hydrogens (tertiary/aromatic N) is 1. The monoisotopic (exact) mass is 266 g/mol. The van der Waals surface area contributed by atoms with E-state index in [2.05, 4.69) is 45.1 Å². The summed E-state index contributed by atoms with van der Waals surface area (Å²) in [5, 5.41) is 7.72. The van der Waals surface area contributed by atoms with E-state index in [0.717, 1.165) is 30.8 Å². The highest BCUT2D eigenvalue weighted by Crippen LogP contribution is 2.37. The van der Waals surface area contributed by atoms with Gasteiger partial charge in [0.2, 0.25) is 0 Å². The van der Waals surface area contributed by atoms with Crippen LogP contribution < -0.4 is 5.32 Å². The Balaban J connectivity index is 2.05. The van der Waals surface area contributed by atoms with E-state index < -0.39 is 0 Å². The highest BCUT2D eigenvalue weighted by atomic mass is 16.5. The summed E-state index contributed by atoms with van der Waals surface area (Å²) >= 11 is 0. The molecule has 0 aliphatic carbocycles. The van der Waals surface area contributed by atoms with Gasteiger partial charge in [-0.1, -0.05) is 12.1 Å². The Labute approximate surface area is 115 Å². The molecule has 0 radical (unpaired) electrons. The molecule has 0 saturated carbocycles. The maximum Gasteiger partial charge on any atom is 0.138 e. The van der Waals surface area contributed by atoms with Crippen LogP contribution in [0.5, 0.6) is 0 Å². The van der Waals surface area contributed by atoms with Crippen molar-refractivity contribution in [2.75, 3.05) is 0 Å². The molecule has 0 aromatic carbocycles. The molecule has 108 valence electrons. The van der Waals surface area contributed by atoms with Gasteiger partial charge in [0.05, 0.1) is 16.9 Å². The SMILES string of the molecule is CCc1noc(C)c1CN[C@@H]1CC(C)(C)OC1(C)C. The van der Waals surface area contributed by atoms with E-state index in [0.29, 0.717) is 6.04 Å². The summed E-state index contributed by atoms with van der Waals surface area (Å²) in [5.74, 6) is 0.917. The molecule has 2 heterocycles. The average Bonchev–Trinajstić information content (AvgIpc) is 2.72. The van der Waals surface area contributed by atoms with Crippen LogP contribution in [-0.4, -0.2) is 22.4 Å². The van der Waals surface area contributed by atoms with Crippen LogP contribution in [-0.2, 0) is 17.7 Å². The Morgan fingerprint density at radius 3 is 2.53 bits per heavy atom. The Kier molecular flexibility index (Phi) is 3.76. The van der Waals surface area contributed by atoms with Crippen LogP contribution in [0, 0.1) is 6.92 Å². The second-order valence-electron chi connectivity index (χ2n) is 6.62. The number of aryl methyl sites for hydroxylation is 2. The number of nitrogens with one attached hydrogen (secondary N) is 1. The van der Waals surface area contributed by atoms with Crippen molar-refractivity contribution in [3.63, 3.8) is 0 Å². The topological polar surface area (TPSA) is 47.3 Å². The van der Waals surface area contributed by atoms with Crippen LogP contribution in [0.4, 0.5) is 0 Å². The molecule has 4 nitrogen and oxygen atoms in total. The van der Waals surface area contributed by atoms with Gasteiger partial charge in [-0.15, -0.1) is 0 Å². The maximum atomic E-state index is 6.10. The Morgan fingerprint density at radius 2 is 2.00 bits per heavy atom. The molecule has 0 amide bonds. The lowest BCUT2D eigenvalue weighted by Crippen LogP contribution is -2.43. The molecule has 1 aliphatic rings. The lowest BCUT2D eigenvalue weighted by molar-refractivity contribution is -0.0699. The third-order valence-electron chi connectivity index (χ3n) is 4.00. The summed E-state index contributed by atoms with van der Waals surface area (Å²) in [7, 11) is 0. The minimum Gasteiger partial charge on any atom is -0.368 e. The van der Waals surface area contributed by atoms with Gasteiger partial charge in [0.25, 0.3) is 0 Å². The minimum atomic E-state index is -0.138. The molecule has 4 heteroatoms. The summed E-state index contributed by atoms with van der Waals surface area (Å²) in [6, 6.07) is 0.349. The molecule has 1 fully saturated rings. The van der Waals surface area contributed by atoms with Crippen LogP contribution in [0.15, 0.2) is 4.52 Å². The fraction of sp³-hybridized carbons (Fsp3) is 0.800. The zero-order chi connectivity index (χ0) is 14.3. The zero-order valence-corrected chi connectivity index (χ0v) is 13.0. The minimum absolute atomic E-state index is 0.0571. The predicted octanol–water partition coefficient (Wildman–Crippen LogP) is 2.98. The molecule has 2 rings (SSSR count). The van der Waals surface area contributed by atoms with Crippen LogP contribution in [0.25, 0.3) is 0 Å². The fourth-order valence-corrected chi connectivity index (χ4v) is 3.05. The first-order valence-corrected chi connectivity index (χ1v) is 7.13. The van der Waals surface area contributed by atoms with Gasteiger partial charge in [-0.25, -0.2) is 0 Å². The number of aromatic nitrogens is 1. The van der Waals surface area contributed by atoms with Gasteiger partial charge in [-0.2, -0.15) is 0 Å². The highest BCUT2D eigenvalue weighted by molar-refractivity contribution is 5.22. The number of ether oxygens (including phenoxy) is 1. The van der Waals surface area contributed by atoms with Gasteiger partial charge in [-0.3, -0.25) is 0 Å². The Morgan fingerprint density at radius 1 is 1.32 bits per heavy atom. The number of rotatable bonds is 4. The van der Waals surface area contributed by atoms with Gasteiger partial charge in [-0.05, 0) is 47.5 Å². The molecule has 1 saturated heterocycles. The van der Waals surface area contributed by atoms with Crippen molar-refractivity contribution in [1.29, 1.82) is 0 Å². The van der Waals surface area contributed by atoms with Gasteiger partial charge in [0.15, 0.2) is 0 Å². The fourth-order valence-electron chi connectivity index (χ4n) is 3.05. The van der Waals surface area contributed by atoms with Crippen molar-refractivity contribution < 1.29 is 9.26 Å². The van der Waals surface area contributed by atoms with E-state index in [4.69, 9.17) is 9.26 Å². The van der Waals surface area contributed by atoms with E-state index in [1.807, 2.05) is 6.92 Å². The van der Waals surface area contributed by atoms with E-state index >= 15 is 0 Å². The third kappa shape index (κ3) is 3.00. The molecule has 0 unspecified atom stereocenters. The first kappa shape index (κ1) is 14.5.